The summed E-state index contributed by atoms with van der Waals surface area (Å²) < 4.78 is 39.6. The third-order valence-corrected chi connectivity index (χ3v) is 6.44. The Morgan fingerprint density at radius 2 is 1.96 bits per heavy atom. The van der Waals surface area contributed by atoms with Crippen molar-refractivity contribution in [3.63, 3.8) is 0 Å². The number of aromatic nitrogens is 1. The first-order valence-electron chi connectivity index (χ1n) is 8.05. The van der Waals surface area contributed by atoms with E-state index in [1.165, 1.54) is 22.6 Å². The van der Waals surface area contributed by atoms with Crippen LogP contribution in [-0.4, -0.2) is 30.8 Å². The third-order valence-electron chi connectivity index (χ3n) is 4.23. The minimum Gasteiger partial charge on any atom is -0.363 e. The molecule has 1 fully saturated rings. The monoisotopic (exact) mass is 383 g/mol. The van der Waals surface area contributed by atoms with E-state index in [-0.39, 0.29) is 10.9 Å². The van der Waals surface area contributed by atoms with Crippen LogP contribution in [0.4, 0.5) is 10.2 Å². The summed E-state index contributed by atoms with van der Waals surface area (Å²) in [5.41, 5.74) is 0.735. The molecule has 3 rings (SSSR count). The molecule has 1 aromatic heterocycles. The molecule has 2 aromatic rings. The van der Waals surface area contributed by atoms with Gasteiger partial charge in [-0.2, -0.15) is 4.31 Å². The van der Waals surface area contributed by atoms with E-state index in [1.54, 1.807) is 18.2 Å². The number of hydrogen-bond donors (Lipinski definition) is 1. The lowest BCUT2D eigenvalue weighted by molar-refractivity contribution is 0.477. The van der Waals surface area contributed by atoms with Crippen molar-refractivity contribution in [2.75, 3.05) is 18.4 Å². The van der Waals surface area contributed by atoms with Crippen LogP contribution >= 0.6 is 11.6 Å². The summed E-state index contributed by atoms with van der Waals surface area (Å²) in [6.45, 7) is 2.99. The number of hydrogen-bond acceptors (Lipinski definition) is 4. The van der Waals surface area contributed by atoms with E-state index in [0.29, 0.717) is 23.9 Å². The quantitative estimate of drug-likeness (QED) is 0.852. The van der Waals surface area contributed by atoms with Gasteiger partial charge in [0.2, 0.25) is 10.0 Å². The van der Waals surface area contributed by atoms with E-state index in [2.05, 4.69) is 10.3 Å². The predicted molar refractivity (Wildman–Crippen MR) is 95.7 cm³/mol. The Bertz CT molecular complexity index is 853. The zero-order valence-corrected chi connectivity index (χ0v) is 15.3. The van der Waals surface area contributed by atoms with Crippen LogP contribution in [0.15, 0.2) is 41.4 Å². The van der Waals surface area contributed by atoms with Gasteiger partial charge in [-0.25, -0.2) is 17.8 Å². The van der Waals surface area contributed by atoms with E-state index < -0.39 is 15.8 Å². The highest BCUT2D eigenvalue weighted by molar-refractivity contribution is 7.89. The Morgan fingerprint density at radius 3 is 2.56 bits per heavy atom. The molecule has 134 valence electrons. The second-order valence-corrected chi connectivity index (χ2v) is 8.37. The molecule has 1 aliphatic heterocycles. The van der Waals surface area contributed by atoms with Crippen molar-refractivity contribution in [3.8, 4) is 0 Å². The number of nitrogens with zero attached hydrogens (tertiary/aromatic N) is 2. The van der Waals surface area contributed by atoms with Crippen molar-refractivity contribution >= 4 is 27.4 Å². The van der Waals surface area contributed by atoms with Gasteiger partial charge in [0.1, 0.15) is 16.5 Å². The van der Waals surface area contributed by atoms with Crippen LogP contribution < -0.4 is 5.32 Å². The Balaban J connectivity index is 1.74. The standard InChI is InChI=1S/C17H19ClFN3O2S/c1-12(15-6-4-13(19)10-16(15)18)21-17-7-5-14(11-20-17)25(23,24)22-8-2-3-9-22/h4-7,10-12H,2-3,8-9H2,1H3,(H,20,21). The maximum Gasteiger partial charge on any atom is 0.244 e. The van der Waals surface area contributed by atoms with E-state index in [1.807, 2.05) is 6.92 Å². The molecule has 0 aliphatic carbocycles. The second kappa shape index (κ2) is 7.27. The molecular weight excluding hydrogens is 365 g/mol. The Kier molecular flexibility index (Phi) is 5.27. The number of rotatable bonds is 5. The van der Waals surface area contributed by atoms with Crippen LogP contribution in [0.3, 0.4) is 0 Å². The van der Waals surface area contributed by atoms with Gasteiger partial charge in [-0.1, -0.05) is 17.7 Å². The Morgan fingerprint density at radius 1 is 1.24 bits per heavy atom. The van der Waals surface area contributed by atoms with Crippen molar-refractivity contribution < 1.29 is 12.8 Å². The molecule has 0 amide bonds. The number of nitrogens with one attached hydrogen (secondary N) is 1. The zero-order chi connectivity index (χ0) is 18.0. The van der Waals surface area contributed by atoms with Crippen LogP contribution in [0.25, 0.3) is 0 Å². The molecule has 5 nitrogen and oxygen atoms in total. The van der Waals surface area contributed by atoms with Gasteiger partial charge < -0.3 is 5.32 Å². The SMILES string of the molecule is CC(Nc1ccc(S(=O)(=O)N2CCCC2)cn1)c1ccc(F)cc1Cl. The van der Waals surface area contributed by atoms with E-state index in [4.69, 9.17) is 11.6 Å². The molecule has 1 aromatic carbocycles. The van der Waals surface area contributed by atoms with E-state index in [9.17, 15) is 12.8 Å². The van der Waals surface area contributed by atoms with Crippen LogP contribution in [0.1, 0.15) is 31.4 Å². The lowest BCUT2D eigenvalue weighted by Crippen LogP contribution is -2.27. The molecule has 0 spiro atoms. The largest absolute Gasteiger partial charge is 0.363 e. The molecule has 2 heterocycles. The van der Waals surface area contributed by atoms with Crippen molar-refractivity contribution in [3.05, 3.63) is 52.9 Å². The van der Waals surface area contributed by atoms with Crippen molar-refractivity contribution in [2.45, 2.75) is 30.7 Å². The summed E-state index contributed by atoms with van der Waals surface area (Å²) in [4.78, 5) is 4.38. The summed E-state index contributed by atoms with van der Waals surface area (Å²) in [6, 6.07) is 7.18. The van der Waals surface area contributed by atoms with Crippen molar-refractivity contribution in [2.24, 2.45) is 0 Å². The molecule has 1 N–H and O–H groups in total. The smallest absolute Gasteiger partial charge is 0.244 e. The number of halogens is 2. The number of anilines is 1. The van der Waals surface area contributed by atoms with Crippen LogP contribution in [0, 0.1) is 5.82 Å². The summed E-state index contributed by atoms with van der Waals surface area (Å²) in [7, 11) is -3.47. The van der Waals surface area contributed by atoms with Gasteiger partial charge in [0.05, 0.1) is 6.04 Å². The Labute approximate surface area is 151 Å². The lowest BCUT2D eigenvalue weighted by Gasteiger charge is -2.18. The van der Waals surface area contributed by atoms with E-state index in [0.717, 1.165) is 18.4 Å². The number of pyridine rings is 1. The zero-order valence-electron chi connectivity index (χ0n) is 13.7. The number of benzene rings is 1. The maximum absolute atomic E-state index is 13.1. The Hall–Kier alpha value is -1.70. The summed E-state index contributed by atoms with van der Waals surface area (Å²) in [5, 5.41) is 3.47. The fourth-order valence-electron chi connectivity index (χ4n) is 2.85. The molecule has 1 atom stereocenters. The van der Waals surface area contributed by atoms with Crippen molar-refractivity contribution in [1.29, 1.82) is 0 Å². The summed E-state index contributed by atoms with van der Waals surface area (Å²) in [5.74, 6) is 0.129. The van der Waals surface area contributed by atoms with Gasteiger partial charge in [-0.3, -0.25) is 0 Å². The predicted octanol–water partition coefficient (Wildman–Crippen LogP) is 3.83. The average molecular weight is 384 g/mol. The van der Waals surface area contributed by atoms with Gasteiger partial charge >= 0.3 is 0 Å². The van der Waals surface area contributed by atoms with Gasteiger partial charge in [-0.15, -0.1) is 0 Å². The highest BCUT2D eigenvalue weighted by Crippen LogP contribution is 2.27. The van der Waals surface area contributed by atoms with Crippen LogP contribution in [0.2, 0.25) is 5.02 Å². The molecule has 0 radical (unpaired) electrons. The molecule has 0 bridgehead atoms. The molecule has 1 unspecified atom stereocenters. The van der Waals surface area contributed by atoms with E-state index >= 15 is 0 Å². The molecular formula is C17H19ClFN3O2S. The summed E-state index contributed by atoms with van der Waals surface area (Å²) in [6.07, 6.45) is 3.14. The first-order valence-corrected chi connectivity index (χ1v) is 9.87. The van der Waals surface area contributed by atoms with Gasteiger partial charge in [0, 0.05) is 24.3 Å². The topological polar surface area (TPSA) is 62.3 Å². The minimum atomic E-state index is -3.47. The van der Waals surface area contributed by atoms with Gasteiger partial charge in [-0.05, 0) is 49.6 Å². The summed E-state index contributed by atoms with van der Waals surface area (Å²) >= 11 is 6.06. The highest BCUT2D eigenvalue weighted by Gasteiger charge is 2.27. The maximum atomic E-state index is 13.1. The fourth-order valence-corrected chi connectivity index (χ4v) is 4.64. The van der Waals surface area contributed by atoms with Crippen LogP contribution in [-0.2, 0) is 10.0 Å². The fraction of sp³-hybridized carbons (Fsp3) is 0.353. The lowest BCUT2D eigenvalue weighted by atomic mass is 10.1. The molecule has 1 aliphatic rings. The average Bonchev–Trinajstić information content (AvgIpc) is 3.10. The molecule has 25 heavy (non-hydrogen) atoms. The molecule has 8 heteroatoms. The van der Waals surface area contributed by atoms with Crippen molar-refractivity contribution in [1.82, 2.24) is 9.29 Å². The first-order chi connectivity index (χ1) is 11.9. The van der Waals surface area contributed by atoms with Gasteiger partial charge in [0.25, 0.3) is 0 Å². The molecule has 1 saturated heterocycles. The highest BCUT2D eigenvalue weighted by atomic mass is 35.5. The third kappa shape index (κ3) is 3.94. The second-order valence-electron chi connectivity index (χ2n) is 6.02. The first kappa shape index (κ1) is 18.1. The van der Waals surface area contributed by atoms with Crippen LogP contribution in [0.5, 0.6) is 0 Å². The number of sulfonamides is 1. The normalized spacial score (nSPS) is 16.8. The minimum absolute atomic E-state index is 0.187. The van der Waals surface area contributed by atoms with Gasteiger partial charge in [0.15, 0.2) is 0 Å². The molecule has 0 saturated carbocycles.